The number of anilines is 2. The molecular formula is C84H74GeN4O. The van der Waals surface area contributed by atoms with Gasteiger partial charge in [-0.1, -0.05) is 59.7 Å². The second kappa shape index (κ2) is 21.8. The molecule has 0 amide bonds. The molecule has 11 aromatic carbocycles. The molecule has 3 aromatic heterocycles. The van der Waals surface area contributed by atoms with Crippen molar-refractivity contribution in [2.24, 2.45) is 0 Å². The molecule has 1 aliphatic rings. The van der Waals surface area contributed by atoms with Gasteiger partial charge in [0.05, 0.1) is 11.0 Å². The quantitative estimate of drug-likeness (QED) is 0.135. The molecule has 5 nitrogen and oxygen atoms in total. The van der Waals surface area contributed by atoms with Gasteiger partial charge in [-0.05, 0) is 41.3 Å². The van der Waals surface area contributed by atoms with E-state index in [1.807, 2.05) is 6.20 Å². The van der Waals surface area contributed by atoms with Gasteiger partial charge in [0, 0.05) is 23.0 Å². The molecule has 90 heavy (non-hydrogen) atoms. The number of hydrogen-bond donors (Lipinski definition) is 0. The average Bonchev–Trinajstić information content (AvgIpc) is 1.00. The first-order valence-electron chi connectivity index (χ1n) is 31.7. The van der Waals surface area contributed by atoms with Crippen molar-refractivity contribution >= 4 is 107 Å². The molecule has 14 aromatic rings. The normalized spacial score (nSPS) is 12.9. The fourth-order valence-electron chi connectivity index (χ4n) is 14.3. The summed E-state index contributed by atoms with van der Waals surface area (Å²) in [5, 5.41) is 9.53. The Morgan fingerprint density at radius 3 is 1.48 bits per heavy atom. The number of fused-ring (bicyclic) bond motifs is 10. The van der Waals surface area contributed by atoms with Crippen LogP contribution in [0.3, 0.4) is 0 Å². The fraction of sp³-hybridized carbons (Fsp3) is 0.155. The van der Waals surface area contributed by atoms with E-state index in [2.05, 4.69) is 343 Å². The number of aromatic nitrogens is 3. The van der Waals surface area contributed by atoms with E-state index in [-0.39, 0.29) is 16.2 Å². The van der Waals surface area contributed by atoms with Crippen molar-refractivity contribution in [3.8, 4) is 28.4 Å². The Labute approximate surface area is 531 Å². The SMILES string of the molecule is CC(C)(C)c1cc(Oc2ccc3c4ccccc4n(-c4cc(C(C)(C)C)ccn4)c3c2)cc(N2Cn3c4c(-c5cc(C(C)(C)C)c[c]([Ge]([c]6ccccc6)([c]6ccccc6)[c]6ccccc6)c5)cccc4c4ccccc4c4ccccc4c4cccc2c43)c1. The number of para-hydroxylation sites is 3. The van der Waals surface area contributed by atoms with Gasteiger partial charge in [0.1, 0.15) is 11.6 Å². The second-order valence-corrected chi connectivity index (χ2v) is 35.6. The molecular weight excluding hydrogens is 1150 g/mol. The minimum atomic E-state index is -3.82. The number of rotatable bonds is 9. The molecule has 0 unspecified atom stereocenters. The van der Waals surface area contributed by atoms with Crippen molar-refractivity contribution in [2.75, 3.05) is 4.90 Å². The third-order valence-electron chi connectivity index (χ3n) is 18.8. The van der Waals surface area contributed by atoms with Crippen LogP contribution in [0.5, 0.6) is 11.5 Å². The van der Waals surface area contributed by atoms with E-state index in [1.165, 1.54) is 94.1 Å². The van der Waals surface area contributed by atoms with E-state index in [9.17, 15) is 0 Å². The molecule has 1 aliphatic heterocycles. The van der Waals surface area contributed by atoms with Crippen LogP contribution >= 0.6 is 0 Å². The van der Waals surface area contributed by atoms with Crippen LogP contribution in [0.1, 0.15) is 79.0 Å². The Morgan fingerprint density at radius 1 is 0.367 bits per heavy atom. The van der Waals surface area contributed by atoms with Gasteiger partial charge in [-0.25, -0.2) is 4.98 Å². The molecule has 0 atom stereocenters. The van der Waals surface area contributed by atoms with Crippen LogP contribution in [-0.4, -0.2) is 27.4 Å². The summed E-state index contributed by atoms with van der Waals surface area (Å²) in [6.45, 7) is 21.3. The van der Waals surface area contributed by atoms with E-state index in [0.29, 0.717) is 6.67 Å². The summed E-state index contributed by atoms with van der Waals surface area (Å²) in [4.78, 5) is 7.53. The van der Waals surface area contributed by atoms with Gasteiger partial charge in [0.15, 0.2) is 0 Å². The number of hydrogen-bond acceptors (Lipinski definition) is 3. The van der Waals surface area contributed by atoms with Crippen LogP contribution in [0.4, 0.5) is 11.4 Å². The number of ether oxygens (including phenoxy) is 1. The van der Waals surface area contributed by atoms with Gasteiger partial charge < -0.3 is 0 Å². The third-order valence-corrected chi connectivity index (χ3v) is 28.8. The van der Waals surface area contributed by atoms with E-state index in [1.54, 1.807) is 0 Å². The molecule has 6 heteroatoms. The Hall–Kier alpha value is -9.69. The van der Waals surface area contributed by atoms with Crippen molar-refractivity contribution in [2.45, 2.75) is 85.2 Å². The standard InChI is InChI=1S/C84H74GeN4O/c1-82(2,3)57-45-46-86-79(52-57)89-76-41-24-23-37-72(76)73-44-43-65(54-78(73)89)90-66-51-59(84(7,8)9)50-64(53-66)87-55-88-80-67(38-25-39-74(80)70-35-21-19-33-68(70)69-34-20-22-36-71(69)75-40-26-42-77(87)81(75)88)56-47-58(83(4,5)6)49-63(48-56)85(60-27-13-10-14-28-60,61-29-15-11-16-30-61)62-31-17-12-18-32-62/h10-54H,55H2,1-9H3. The third kappa shape index (κ3) is 9.64. The van der Waals surface area contributed by atoms with Gasteiger partial charge in [0.25, 0.3) is 0 Å². The number of nitrogens with zero attached hydrogens (tertiary/aromatic N) is 4. The maximum atomic E-state index is 7.24. The Bertz CT molecular complexity index is 5100. The van der Waals surface area contributed by atoms with E-state index in [0.717, 1.165) is 45.1 Å². The molecule has 0 saturated carbocycles. The zero-order chi connectivity index (χ0) is 61.7. The average molecular weight is 1230 g/mol. The summed E-state index contributed by atoms with van der Waals surface area (Å²) in [6.07, 6.45) is 1.94. The van der Waals surface area contributed by atoms with E-state index < -0.39 is 13.3 Å². The molecule has 0 radical (unpaired) electrons. The molecule has 0 spiro atoms. The molecule has 0 bridgehead atoms. The first kappa shape index (κ1) is 56.8. The summed E-state index contributed by atoms with van der Waals surface area (Å²) < 4.78 is 17.8. The van der Waals surface area contributed by atoms with Gasteiger partial charge in [-0.3, -0.25) is 4.57 Å². The zero-order valence-corrected chi connectivity index (χ0v) is 55.0. The van der Waals surface area contributed by atoms with Crippen molar-refractivity contribution in [3.05, 3.63) is 290 Å². The summed E-state index contributed by atoms with van der Waals surface area (Å²) in [5.74, 6) is 2.43. The molecule has 0 N–H and O–H groups in total. The van der Waals surface area contributed by atoms with Crippen LogP contribution in [0.15, 0.2) is 273 Å². The topological polar surface area (TPSA) is 35.2 Å². The minimum absolute atomic E-state index is 0.0437. The maximum absolute atomic E-state index is 7.24. The van der Waals surface area contributed by atoms with Crippen LogP contribution in [0, 0.1) is 0 Å². The van der Waals surface area contributed by atoms with E-state index in [4.69, 9.17) is 9.72 Å². The molecule has 4 heterocycles. The Balaban J connectivity index is 0.981. The molecule has 15 rings (SSSR count). The molecule has 0 aliphatic carbocycles. The van der Waals surface area contributed by atoms with Crippen LogP contribution < -0.4 is 27.2 Å². The first-order valence-corrected chi connectivity index (χ1v) is 35.9. The number of pyridine rings is 1. The van der Waals surface area contributed by atoms with Crippen LogP contribution in [-0.2, 0) is 22.9 Å². The van der Waals surface area contributed by atoms with Gasteiger partial charge in [-0.15, -0.1) is 0 Å². The summed E-state index contributed by atoms with van der Waals surface area (Å²) in [5.41, 5.74) is 12.4. The fourth-order valence-corrected chi connectivity index (χ4v) is 24.4. The van der Waals surface area contributed by atoms with Gasteiger partial charge in [0.2, 0.25) is 0 Å². The predicted octanol–water partition coefficient (Wildman–Crippen LogP) is 19.6. The molecule has 0 saturated heterocycles. The number of benzene rings is 11. The summed E-state index contributed by atoms with van der Waals surface area (Å²) >= 11 is -3.82. The first-order chi connectivity index (χ1) is 43.5. The van der Waals surface area contributed by atoms with E-state index >= 15 is 0 Å². The van der Waals surface area contributed by atoms with Crippen molar-refractivity contribution in [1.82, 2.24) is 14.1 Å². The van der Waals surface area contributed by atoms with Gasteiger partial charge in [-0.2, -0.15) is 0 Å². The van der Waals surface area contributed by atoms with Crippen molar-refractivity contribution in [1.29, 1.82) is 0 Å². The molecule has 440 valence electrons. The van der Waals surface area contributed by atoms with Crippen molar-refractivity contribution < 1.29 is 4.74 Å². The second-order valence-electron chi connectivity index (χ2n) is 27.6. The Morgan fingerprint density at radius 2 is 0.878 bits per heavy atom. The predicted molar refractivity (Wildman–Crippen MR) is 384 cm³/mol. The zero-order valence-electron chi connectivity index (χ0n) is 52.9. The molecule has 0 fully saturated rings. The monoisotopic (exact) mass is 1230 g/mol. The summed E-state index contributed by atoms with van der Waals surface area (Å²) in [7, 11) is 0. The van der Waals surface area contributed by atoms with Crippen LogP contribution in [0.25, 0.3) is 82.1 Å². The van der Waals surface area contributed by atoms with Crippen LogP contribution in [0.2, 0.25) is 0 Å². The summed E-state index contributed by atoms with van der Waals surface area (Å²) in [6, 6.07) is 100. The Kier molecular flexibility index (Phi) is 13.8. The van der Waals surface area contributed by atoms with Gasteiger partial charge >= 0.3 is 378 Å². The van der Waals surface area contributed by atoms with Crippen molar-refractivity contribution in [3.63, 3.8) is 0 Å².